The van der Waals surface area contributed by atoms with Crippen LogP contribution in [-0.4, -0.2) is 5.71 Å². The van der Waals surface area contributed by atoms with Crippen LogP contribution >= 0.6 is 18.8 Å². The highest BCUT2D eigenvalue weighted by atomic mass is 35.7. The summed E-state index contributed by atoms with van der Waals surface area (Å²) in [5.74, 6) is 0. The van der Waals surface area contributed by atoms with Gasteiger partial charge in [-0.1, -0.05) is 78.4 Å². The summed E-state index contributed by atoms with van der Waals surface area (Å²) in [5.41, 5.74) is 6.49. The molecule has 0 amide bonds. The number of allylic oxidation sites excluding steroid dienone is 1. The average Bonchev–Trinajstić information content (AvgIpc) is 2.70. The second-order valence-electron chi connectivity index (χ2n) is 6.13. The molecule has 4 heteroatoms. The molecule has 1 atom stereocenters. The molecule has 0 saturated carbocycles. The van der Waals surface area contributed by atoms with E-state index in [0.717, 1.165) is 28.2 Å². The quantitative estimate of drug-likeness (QED) is 0.458. The van der Waals surface area contributed by atoms with Crippen LogP contribution in [-0.2, 0) is 0 Å². The van der Waals surface area contributed by atoms with Gasteiger partial charge in [0.25, 0.3) is 0 Å². The number of hydrogen-bond donors (Lipinski definition) is 0. The molecule has 0 bridgehead atoms. The zero-order valence-electron chi connectivity index (χ0n) is 14.4. The molecule has 0 spiro atoms. The molecule has 3 aromatic rings. The Kier molecular flexibility index (Phi) is 4.88. The monoisotopic (exact) mass is 376 g/mol. The lowest BCUT2D eigenvalue weighted by Gasteiger charge is -2.32. The first-order valence-corrected chi connectivity index (χ1v) is 10.6. The molecule has 128 valence electrons. The van der Waals surface area contributed by atoms with Gasteiger partial charge in [-0.3, -0.25) is 4.67 Å². The van der Waals surface area contributed by atoms with E-state index in [-0.39, 0.29) is 0 Å². The maximum absolute atomic E-state index is 6.81. The van der Waals surface area contributed by atoms with Crippen molar-refractivity contribution in [2.24, 2.45) is 4.76 Å². The summed E-state index contributed by atoms with van der Waals surface area (Å²) >= 11 is 6.81. The molecular formula is C22H18ClN2P. The summed E-state index contributed by atoms with van der Waals surface area (Å²) < 4.78 is 6.94. The number of nitrogens with zero attached hydrogens (tertiary/aromatic N) is 2. The van der Waals surface area contributed by atoms with Crippen LogP contribution in [0.25, 0.3) is 5.70 Å². The van der Waals surface area contributed by atoms with Crippen LogP contribution in [0.4, 0.5) is 5.69 Å². The van der Waals surface area contributed by atoms with E-state index in [0.29, 0.717) is 0 Å². The molecule has 1 aliphatic rings. The summed E-state index contributed by atoms with van der Waals surface area (Å²) in [5, 5.41) is 0. The van der Waals surface area contributed by atoms with Crippen molar-refractivity contribution in [1.29, 1.82) is 0 Å². The zero-order chi connectivity index (χ0) is 17.9. The normalized spacial score (nSPS) is 16.8. The van der Waals surface area contributed by atoms with Crippen molar-refractivity contribution < 1.29 is 0 Å². The topological polar surface area (TPSA) is 15.6 Å². The van der Waals surface area contributed by atoms with Crippen molar-refractivity contribution in [3.8, 4) is 0 Å². The summed E-state index contributed by atoms with van der Waals surface area (Å²) in [6.45, 7) is 2.09. The molecule has 2 nitrogen and oxygen atoms in total. The minimum Gasteiger partial charge on any atom is -0.288 e. The van der Waals surface area contributed by atoms with E-state index in [4.69, 9.17) is 16.0 Å². The Morgan fingerprint density at radius 3 is 1.96 bits per heavy atom. The van der Waals surface area contributed by atoms with Crippen molar-refractivity contribution in [2.45, 2.75) is 6.92 Å². The Morgan fingerprint density at radius 1 is 0.769 bits per heavy atom. The van der Waals surface area contributed by atoms with Gasteiger partial charge in [0.2, 0.25) is 7.58 Å². The zero-order valence-corrected chi connectivity index (χ0v) is 16.0. The van der Waals surface area contributed by atoms with Gasteiger partial charge in [0.15, 0.2) is 0 Å². The van der Waals surface area contributed by atoms with Gasteiger partial charge in [-0.2, -0.15) is 0 Å². The number of aryl methyl sites for hydroxylation is 1. The van der Waals surface area contributed by atoms with Gasteiger partial charge in [-0.25, -0.2) is 4.76 Å². The fourth-order valence-electron chi connectivity index (χ4n) is 2.93. The van der Waals surface area contributed by atoms with Gasteiger partial charge < -0.3 is 0 Å². The SMILES string of the molecule is Cc1ccc(N2C(c3ccccc3)=CC(c3ccccc3)=NP2Cl)cc1. The molecule has 0 aliphatic carbocycles. The first-order valence-electron chi connectivity index (χ1n) is 8.46. The van der Waals surface area contributed by atoms with Crippen LogP contribution < -0.4 is 4.67 Å². The van der Waals surface area contributed by atoms with Gasteiger partial charge in [-0.05, 0) is 41.9 Å². The fourth-order valence-corrected chi connectivity index (χ4v) is 4.79. The molecule has 4 rings (SSSR count). The standard InChI is InChI=1S/C22H18ClN2P/c1-17-12-14-20(15-13-17)25-22(19-10-6-3-7-11-19)16-21(24-26(25)23)18-8-4-2-5-9-18/h2-16H,1H3. The Hall–Kier alpha value is -2.41. The minimum absolute atomic E-state index is 0.925. The third-order valence-corrected chi connectivity index (χ3v) is 6.11. The van der Waals surface area contributed by atoms with E-state index in [1.54, 1.807) is 0 Å². The predicted octanol–water partition coefficient (Wildman–Crippen LogP) is 6.81. The van der Waals surface area contributed by atoms with E-state index in [1.807, 2.05) is 36.4 Å². The van der Waals surface area contributed by atoms with E-state index in [9.17, 15) is 0 Å². The first kappa shape index (κ1) is 17.0. The van der Waals surface area contributed by atoms with Crippen LogP contribution in [0.5, 0.6) is 0 Å². The second-order valence-corrected chi connectivity index (χ2v) is 8.12. The van der Waals surface area contributed by atoms with Crippen molar-refractivity contribution in [3.63, 3.8) is 0 Å². The van der Waals surface area contributed by atoms with Crippen LogP contribution in [0.2, 0.25) is 0 Å². The van der Waals surface area contributed by atoms with Gasteiger partial charge in [0, 0.05) is 11.3 Å². The maximum Gasteiger partial charge on any atom is 0.222 e. The van der Waals surface area contributed by atoms with Crippen LogP contribution in [0.1, 0.15) is 16.7 Å². The first-order chi connectivity index (χ1) is 12.7. The molecule has 0 fully saturated rings. The molecular weight excluding hydrogens is 359 g/mol. The van der Waals surface area contributed by atoms with Crippen LogP contribution in [0.15, 0.2) is 95.8 Å². The summed E-state index contributed by atoms with van der Waals surface area (Å²) in [6.07, 6.45) is 2.13. The molecule has 1 unspecified atom stereocenters. The van der Waals surface area contributed by atoms with Crippen LogP contribution in [0.3, 0.4) is 0 Å². The number of anilines is 1. The molecule has 0 radical (unpaired) electrons. The molecule has 0 aromatic heterocycles. The predicted molar refractivity (Wildman–Crippen MR) is 114 cm³/mol. The van der Waals surface area contributed by atoms with Gasteiger partial charge in [0.1, 0.15) is 0 Å². The molecule has 1 aliphatic heterocycles. The summed E-state index contributed by atoms with van der Waals surface area (Å²) in [6, 6.07) is 29.0. The lowest BCUT2D eigenvalue weighted by Crippen LogP contribution is -2.18. The second kappa shape index (κ2) is 7.45. The Balaban J connectivity index is 1.84. The van der Waals surface area contributed by atoms with Crippen molar-refractivity contribution in [3.05, 3.63) is 108 Å². The Morgan fingerprint density at radius 2 is 1.35 bits per heavy atom. The third-order valence-electron chi connectivity index (χ3n) is 4.27. The van der Waals surface area contributed by atoms with Gasteiger partial charge >= 0.3 is 0 Å². The molecule has 0 N–H and O–H groups in total. The summed E-state index contributed by atoms with van der Waals surface area (Å²) in [7, 11) is -1.24. The maximum atomic E-state index is 6.81. The Bertz CT molecular complexity index is 950. The Labute approximate surface area is 160 Å². The van der Waals surface area contributed by atoms with Crippen molar-refractivity contribution in [2.75, 3.05) is 4.67 Å². The van der Waals surface area contributed by atoms with Crippen molar-refractivity contribution in [1.82, 2.24) is 0 Å². The van der Waals surface area contributed by atoms with E-state index < -0.39 is 7.58 Å². The van der Waals surface area contributed by atoms with Gasteiger partial charge in [-0.15, -0.1) is 0 Å². The highest BCUT2D eigenvalue weighted by molar-refractivity contribution is 7.84. The smallest absolute Gasteiger partial charge is 0.222 e. The number of halogens is 1. The largest absolute Gasteiger partial charge is 0.288 e. The van der Waals surface area contributed by atoms with Gasteiger partial charge in [0.05, 0.1) is 11.4 Å². The third kappa shape index (κ3) is 3.44. The highest BCUT2D eigenvalue weighted by Gasteiger charge is 2.27. The number of rotatable bonds is 3. The van der Waals surface area contributed by atoms with Crippen molar-refractivity contribution >= 4 is 35.9 Å². The molecule has 26 heavy (non-hydrogen) atoms. The van der Waals surface area contributed by atoms with E-state index in [2.05, 4.69) is 66.2 Å². The van der Waals surface area contributed by atoms with Crippen LogP contribution in [0, 0.1) is 6.92 Å². The average molecular weight is 377 g/mol. The minimum atomic E-state index is -1.24. The summed E-state index contributed by atoms with van der Waals surface area (Å²) in [4.78, 5) is 0. The molecule has 0 saturated heterocycles. The molecule has 3 aromatic carbocycles. The highest BCUT2D eigenvalue weighted by Crippen LogP contribution is 2.56. The fraction of sp³-hybridized carbons (Fsp3) is 0.0455. The van der Waals surface area contributed by atoms with E-state index in [1.165, 1.54) is 5.56 Å². The lowest BCUT2D eigenvalue weighted by molar-refractivity contribution is 1.37. The number of hydrogen-bond acceptors (Lipinski definition) is 2. The number of benzene rings is 3. The molecule has 1 heterocycles. The lowest BCUT2D eigenvalue weighted by atomic mass is 10.1. The van der Waals surface area contributed by atoms with E-state index >= 15 is 0 Å².